The summed E-state index contributed by atoms with van der Waals surface area (Å²) >= 11 is 0. The summed E-state index contributed by atoms with van der Waals surface area (Å²) in [6.45, 7) is 2.97. The molecule has 0 saturated carbocycles. The molecule has 0 aliphatic carbocycles. The second kappa shape index (κ2) is 7.78. The van der Waals surface area contributed by atoms with Gasteiger partial charge in [0, 0.05) is 30.5 Å². The maximum Gasteiger partial charge on any atom is 0.254 e. The summed E-state index contributed by atoms with van der Waals surface area (Å²) in [6, 6.07) is 8.72. The van der Waals surface area contributed by atoms with Crippen LogP contribution in [0.5, 0.6) is 23.0 Å². The zero-order valence-corrected chi connectivity index (χ0v) is 18.2. The third-order valence-electron chi connectivity index (χ3n) is 6.11. The van der Waals surface area contributed by atoms with Gasteiger partial charge in [-0.3, -0.25) is 9.59 Å². The van der Waals surface area contributed by atoms with Crippen LogP contribution in [0.4, 0.5) is 0 Å². The Morgan fingerprint density at radius 2 is 1.69 bits per heavy atom. The number of methoxy groups -OCH3 is 2. The number of fused-ring (bicyclic) bond motifs is 3. The first-order valence-electron chi connectivity index (χ1n) is 10.5. The van der Waals surface area contributed by atoms with Gasteiger partial charge in [0.25, 0.3) is 5.56 Å². The summed E-state index contributed by atoms with van der Waals surface area (Å²) in [5.41, 5.74) is 2.75. The summed E-state index contributed by atoms with van der Waals surface area (Å²) in [7, 11) is 3.16. The number of carbonyl (C=O) groups is 1. The Balaban J connectivity index is 1.72. The molecule has 2 aromatic carbocycles. The van der Waals surface area contributed by atoms with E-state index in [-0.39, 0.29) is 11.5 Å². The Labute approximate surface area is 184 Å². The molecule has 2 aliphatic heterocycles. The van der Waals surface area contributed by atoms with Crippen LogP contribution < -0.4 is 24.5 Å². The molecule has 5 rings (SSSR count). The fourth-order valence-corrected chi connectivity index (χ4v) is 4.58. The van der Waals surface area contributed by atoms with Gasteiger partial charge in [-0.1, -0.05) is 0 Å². The van der Waals surface area contributed by atoms with Crippen LogP contribution in [0.3, 0.4) is 0 Å². The molecule has 1 atom stereocenters. The van der Waals surface area contributed by atoms with E-state index in [1.54, 1.807) is 25.2 Å². The summed E-state index contributed by atoms with van der Waals surface area (Å²) < 4.78 is 22.3. The Morgan fingerprint density at radius 1 is 1.00 bits per heavy atom. The number of nitrogens with one attached hydrogen (secondary N) is 1. The van der Waals surface area contributed by atoms with E-state index in [0.717, 1.165) is 16.5 Å². The molecule has 3 aromatic rings. The monoisotopic (exact) mass is 436 g/mol. The SMILES string of the molecule is COc1cc2c(cc1OC)C(c1cc3cc4c(cc3[nH]c1=O)OCCO4)N(C(C)=O)CC2. The van der Waals surface area contributed by atoms with Crippen molar-refractivity contribution in [1.82, 2.24) is 9.88 Å². The number of aromatic amines is 1. The van der Waals surface area contributed by atoms with Gasteiger partial charge in [-0.15, -0.1) is 0 Å². The number of nitrogens with zero attached hydrogens (tertiary/aromatic N) is 1. The Kier molecular flexibility index (Phi) is 4.92. The molecular formula is C24H24N2O6. The number of H-pyrrole nitrogens is 1. The average molecular weight is 436 g/mol. The summed E-state index contributed by atoms with van der Waals surface area (Å²) in [6.07, 6.45) is 0.663. The van der Waals surface area contributed by atoms with Crippen LogP contribution in [0, 0.1) is 0 Å². The Bertz CT molecular complexity index is 1280. The van der Waals surface area contributed by atoms with E-state index < -0.39 is 6.04 Å². The first kappa shape index (κ1) is 20.2. The highest BCUT2D eigenvalue weighted by molar-refractivity contribution is 5.84. The van der Waals surface area contributed by atoms with Crippen LogP contribution in [-0.4, -0.2) is 49.8 Å². The van der Waals surface area contributed by atoms with Crippen molar-refractivity contribution in [3.05, 3.63) is 57.4 Å². The molecule has 0 bridgehead atoms. The zero-order chi connectivity index (χ0) is 22.4. The number of carbonyl (C=O) groups excluding carboxylic acids is 1. The second-order valence-corrected chi connectivity index (χ2v) is 7.91. The van der Waals surface area contributed by atoms with Crippen molar-refractivity contribution in [2.24, 2.45) is 0 Å². The molecular weight excluding hydrogens is 412 g/mol. The van der Waals surface area contributed by atoms with Crippen LogP contribution in [-0.2, 0) is 11.2 Å². The molecule has 166 valence electrons. The number of ether oxygens (including phenoxy) is 4. The number of hydrogen-bond donors (Lipinski definition) is 1. The molecule has 8 heteroatoms. The number of pyridine rings is 1. The van der Waals surface area contributed by atoms with Gasteiger partial charge < -0.3 is 28.8 Å². The van der Waals surface area contributed by atoms with E-state index >= 15 is 0 Å². The van der Waals surface area contributed by atoms with E-state index in [2.05, 4.69) is 4.98 Å². The van der Waals surface area contributed by atoms with Gasteiger partial charge in [0.15, 0.2) is 23.0 Å². The molecule has 0 radical (unpaired) electrons. The lowest BCUT2D eigenvalue weighted by molar-refractivity contribution is -0.130. The lowest BCUT2D eigenvalue weighted by Gasteiger charge is -2.37. The molecule has 2 aliphatic rings. The maximum atomic E-state index is 13.2. The van der Waals surface area contributed by atoms with Gasteiger partial charge in [-0.05, 0) is 41.8 Å². The first-order chi connectivity index (χ1) is 15.5. The Morgan fingerprint density at radius 3 is 2.38 bits per heavy atom. The summed E-state index contributed by atoms with van der Waals surface area (Å²) in [5.74, 6) is 2.33. The van der Waals surface area contributed by atoms with Crippen molar-refractivity contribution < 1.29 is 23.7 Å². The largest absolute Gasteiger partial charge is 0.493 e. The highest BCUT2D eigenvalue weighted by Crippen LogP contribution is 2.41. The average Bonchev–Trinajstić information content (AvgIpc) is 2.80. The summed E-state index contributed by atoms with van der Waals surface area (Å²) in [4.78, 5) is 30.5. The van der Waals surface area contributed by atoms with Crippen LogP contribution in [0.1, 0.15) is 29.7 Å². The van der Waals surface area contributed by atoms with Gasteiger partial charge in [-0.25, -0.2) is 0 Å². The van der Waals surface area contributed by atoms with Crippen LogP contribution in [0.25, 0.3) is 10.9 Å². The normalized spacial score (nSPS) is 17.1. The van der Waals surface area contributed by atoms with Gasteiger partial charge >= 0.3 is 0 Å². The topological polar surface area (TPSA) is 90.1 Å². The zero-order valence-electron chi connectivity index (χ0n) is 18.2. The van der Waals surface area contributed by atoms with Crippen molar-refractivity contribution in [2.45, 2.75) is 19.4 Å². The second-order valence-electron chi connectivity index (χ2n) is 7.91. The molecule has 1 unspecified atom stereocenters. The van der Waals surface area contributed by atoms with Gasteiger partial charge in [-0.2, -0.15) is 0 Å². The number of amides is 1. The first-order valence-corrected chi connectivity index (χ1v) is 10.5. The van der Waals surface area contributed by atoms with Crippen LogP contribution >= 0.6 is 0 Å². The van der Waals surface area contributed by atoms with E-state index in [1.165, 1.54) is 6.92 Å². The third kappa shape index (κ3) is 3.23. The smallest absolute Gasteiger partial charge is 0.254 e. The van der Waals surface area contributed by atoms with Crippen LogP contribution in [0.15, 0.2) is 35.1 Å². The lowest BCUT2D eigenvalue weighted by Crippen LogP contribution is -2.41. The minimum Gasteiger partial charge on any atom is -0.493 e. The van der Waals surface area contributed by atoms with Crippen molar-refractivity contribution in [1.29, 1.82) is 0 Å². The highest BCUT2D eigenvalue weighted by atomic mass is 16.6. The standard InChI is InChI=1S/C24H24N2O6/c1-13(27)26-5-4-14-9-19(29-2)20(30-3)11-16(14)23(26)17-8-15-10-21-22(32-7-6-31-21)12-18(15)25-24(17)28/h8-12,23H,4-7H2,1-3H3,(H,25,28). The maximum absolute atomic E-state index is 13.2. The fourth-order valence-electron chi connectivity index (χ4n) is 4.58. The molecule has 0 fully saturated rings. The fraction of sp³-hybridized carbons (Fsp3) is 0.333. The molecule has 1 amide bonds. The van der Waals surface area contributed by atoms with E-state index in [0.29, 0.717) is 60.3 Å². The van der Waals surface area contributed by atoms with E-state index in [9.17, 15) is 9.59 Å². The Hall–Kier alpha value is -3.68. The number of hydrogen-bond acceptors (Lipinski definition) is 6. The van der Waals surface area contributed by atoms with Crippen molar-refractivity contribution in [2.75, 3.05) is 34.0 Å². The predicted molar refractivity (Wildman–Crippen MR) is 118 cm³/mol. The minimum absolute atomic E-state index is 0.0999. The van der Waals surface area contributed by atoms with Gasteiger partial charge in [0.1, 0.15) is 13.2 Å². The lowest BCUT2D eigenvalue weighted by atomic mass is 9.87. The molecule has 1 aromatic heterocycles. The third-order valence-corrected chi connectivity index (χ3v) is 6.11. The van der Waals surface area contributed by atoms with Crippen molar-refractivity contribution >= 4 is 16.8 Å². The highest BCUT2D eigenvalue weighted by Gasteiger charge is 2.34. The van der Waals surface area contributed by atoms with Crippen LogP contribution in [0.2, 0.25) is 0 Å². The molecule has 32 heavy (non-hydrogen) atoms. The number of benzene rings is 2. The molecule has 0 spiro atoms. The van der Waals surface area contributed by atoms with Crippen molar-refractivity contribution in [3.63, 3.8) is 0 Å². The quantitative estimate of drug-likeness (QED) is 0.679. The number of rotatable bonds is 3. The summed E-state index contributed by atoms with van der Waals surface area (Å²) in [5, 5.41) is 0.806. The number of aromatic nitrogens is 1. The van der Waals surface area contributed by atoms with E-state index in [4.69, 9.17) is 18.9 Å². The molecule has 0 saturated heterocycles. The van der Waals surface area contributed by atoms with Gasteiger partial charge in [0.2, 0.25) is 5.91 Å². The minimum atomic E-state index is -0.544. The van der Waals surface area contributed by atoms with Gasteiger partial charge in [0.05, 0.1) is 25.8 Å². The van der Waals surface area contributed by atoms with E-state index in [1.807, 2.05) is 24.3 Å². The predicted octanol–water partition coefficient (Wildman–Crippen LogP) is 2.81. The molecule has 8 nitrogen and oxygen atoms in total. The molecule has 1 N–H and O–H groups in total. The van der Waals surface area contributed by atoms with Crippen molar-refractivity contribution in [3.8, 4) is 23.0 Å². The molecule has 3 heterocycles.